The summed E-state index contributed by atoms with van der Waals surface area (Å²) in [5, 5.41) is 9.60. The molecule has 176 valence electrons. The predicted molar refractivity (Wildman–Crippen MR) is 144 cm³/mol. The van der Waals surface area contributed by atoms with Crippen molar-refractivity contribution in [3.63, 3.8) is 0 Å². The average molecular weight is 481 g/mol. The van der Waals surface area contributed by atoms with Crippen LogP contribution in [-0.4, -0.2) is 11.1 Å². The summed E-state index contributed by atoms with van der Waals surface area (Å²) in [7, 11) is 0. The molecule has 0 amide bonds. The molecule has 2 nitrogen and oxygen atoms in total. The Bertz CT molecular complexity index is 1100. The van der Waals surface area contributed by atoms with Gasteiger partial charge in [-0.2, -0.15) is 0 Å². The van der Waals surface area contributed by atoms with Crippen LogP contribution in [0.3, 0.4) is 0 Å². The molecule has 0 radical (unpaired) electrons. The van der Waals surface area contributed by atoms with Crippen molar-refractivity contribution in [1.29, 1.82) is 0 Å². The van der Waals surface area contributed by atoms with Crippen LogP contribution in [-0.2, 0) is 5.41 Å². The van der Waals surface area contributed by atoms with Crippen LogP contribution in [0.4, 0.5) is 0 Å². The number of thiophene rings is 1. The lowest BCUT2D eigenvalue weighted by Crippen LogP contribution is -2.10. The molecule has 0 aliphatic rings. The summed E-state index contributed by atoms with van der Waals surface area (Å²) in [5.41, 5.74) is 6.73. The van der Waals surface area contributed by atoms with E-state index in [1.54, 1.807) is 6.07 Å². The van der Waals surface area contributed by atoms with Crippen LogP contribution in [0.2, 0.25) is 0 Å². The van der Waals surface area contributed by atoms with Crippen LogP contribution in [0.25, 0.3) is 11.1 Å². The molecule has 0 aliphatic carbocycles. The van der Waals surface area contributed by atoms with E-state index in [-0.39, 0.29) is 16.1 Å². The second-order valence-electron chi connectivity index (χ2n) is 11.1. The summed E-state index contributed by atoms with van der Waals surface area (Å²) in [6, 6.07) is 17.3. The maximum absolute atomic E-state index is 11.4. The van der Waals surface area contributed by atoms with Gasteiger partial charge in [0, 0.05) is 15.0 Å². The number of aryl methyl sites for hydroxylation is 2. The van der Waals surface area contributed by atoms with Crippen LogP contribution in [0, 0.1) is 19.3 Å². The molecule has 0 saturated heterocycles. The van der Waals surface area contributed by atoms with Gasteiger partial charge in [-0.05, 0) is 83.2 Å². The van der Waals surface area contributed by atoms with E-state index in [1.165, 1.54) is 44.0 Å². The maximum Gasteiger partial charge on any atom is 0.345 e. The Hall–Kier alpha value is -2.04. The Labute approximate surface area is 207 Å². The summed E-state index contributed by atoms with van der Waals surface area (Å²) in [6.45, 7) is 17.8. The first-order chi connectivity index (χ1) is 15.2. The Balaban J connectivity index is 1.92. The minimum absolute atomic E-state index is 0.143. The molecule has 1 atom stereocenters. The van der Waals surface area contributed by atoms with Crippen molar-refractivity contribution in [3.8, 4) is 11.1 Å². The molecule has 1 N–H and O–H groups in total. The average Bonchev–Trinajstić information content (AvgIpc) is 3.16. The molecule has 4 heteroatoms. The monoisotopic (exact) mass is 480 g/mol. The summed E-state index contributed by atoms with van der Waals surface area (Å²) in [5.74, 6) is -0.848. The molecule has 1 unspecified atom stereocenters. The van der Waals surface area contributed by atoms with E-state index in [9.17, 15) is 9.90 Å². The summed E-state index contributed by atoms with van der Waals surface area (Å²) < 4.78 is 0. The fourth-order valence-corrected chi connectivity index (χ4v) is 6.86. The van der Waals surface area contributed by atoms with E-state index in [0.717, 1.165) is 11.3 Å². The number of hydrogen-bond acceptors (Lipinski definition) is 3. The zero-order valence-corrected chi connectivity index (χ0v) is 22.7. The third kappa shape index (κ3) is 6.51. The molecule has 0 aliphatic heterocycles. The zero-order valence-electron chi connectivity index (χ0n) is 21.1. The molecule has 2 aromatic carbocycles. The van der Waals surface area contributed by atoms with Crippen molar-refractivity contribution >= 4 is 29.1 Å². The minimum atomic E-state index is -0.848. The lowest BCUT2D eigenvalue weighted by atomic mass is 9.85. The predicted octanol–water partition coefficient (Wildman–Crippen LogP) is 9.30. The van der Waals surface area contributed by atoms with Gasteiger partial charge in [0.05, 0.1) is 0 Å². The van der Waals surface area contributed by atoms with Gasteiger partial charge in [0.15, 0.2) is 0 Å². The van der Waals surface area contributed by atoms with E-state index in [1.807, 2.05) is 17.8 Å². The molecule has 0 fully saturated rings. The zero-order chi connectivity index (χ0) is 24.6. The van der Waals surface area contributed by atoms with Gasteiger partial charge in [-0.15, -0.1) is 23.1 Å². The number of carboxylic acid groups (broad SMARTS) is 1. The highest BCUT2D eigenvalue weighted by molar-refractivity contribution is 7.99. The Morgan fingerprint density at radius 1 is 0.939 bits per heavy atom. The van der Waals surface area contributed by atoms with Gasteiger partial charge in [-0.1, -0.05) is 65.8 Å². The second-order valence-corrected chi connectivity index (χ2v) is 13.5. The third-order valence-electron chi connectivity index (χ3n) is 5.78. The fourth-order valence-electron chi connectivity index (χ4n) is 4.15. The highest BCUT2D eigenvalue weighted by atomic mass is 32.2. The van der Waals surface area contributed by atoms with Gasteiger partial charge in [-0.3, -0.25) is 0 Å². The molecular weight excluding hydrogens is 444 g/mol. The van der Waals surface area contributed by atoms with Crippen LogP contribution in [0.15, 0.2) is 53.4 Å². The first kappa shape index (κ1) is 25.6. The molecule has 3 rings (SSSR count). The number of hydrogen-bond donors (Lipinski definition) is 1. The van der Waals surface area contributed by atoms with Gasteiger partial charge in [0.1, 0.15) is 4.88 Å². The molecule has 1 aromatic heterocycles. The SMILES string of the molecule is Cc1cc(SC(CC(C)(C)C)c2ccc(C(=O)O)s2)cc(C)c1-c1ccc(C(C)(C)C)cc1. The van der Waals surface area contributed by atoms with Gasteiger partial charge in [0.2, 0.25) is 0 Å². The second kappa shape index (κ2) is 9.68. The summed E-state index contributed by atoms with van der Waals surface area (Å²) in [4.78, 5) is 14.2. The minimum Gasteiger partial charge on any atom is -0.477 e. The summed E-state index contributed by atoms with van der Waals surface area (Å²) in [6.07, 6.45) is 0.978. The highest BCUT2D eigenvalue weighted by Crippen LogP contribution is 2.46. The number of thioether (sulfide) groups is 1. The number of aromatic carboxylic acids is 1. The first-order valence-corrected chi connectivity index (χ1v) is 13.2. The van der Waals surface area contributed by atoms with Crippen LogP contribution < -0.4 is 0 Å². The number of rotatable bonds is 6. The van der Waals surface area contributed by atoms with Gasteiger partial charge in [0.25, 0.3) is 0 Å². The largest absolute Gasteiger partial charge is 0.477 e. The van der Waals surface area contributed by atoms with Crippen molar-refractivity contribution in [2.24, 2.45) is 5.41 Å². The van der Waals surface area contributed by atoms with Crippen molar-refractivity contribution in [3.05, 3.63) is 75.0 Å². The van der Waals surface area contributed by atoms with Crippen molar-refractivity contribution < 1.29 is 9.90 Å². The van der Waals surface area contributed by atoms with Crippen molar-refractivity contribution in [2.75, 3.05) is 0 Å². The van der Waals surface area contributed by atoms with Crippen molar-refractivity contribution in [2.45, 2.75) is 77.4 Å². The Morgan fingerprint density at radius 3 is 1.97 bits per heavy atom. The topological polar surface area (TPSA) is 37.3 Å². The van der Waals surface area contributed by atoms with Crippen molar-refractivity contribution in [1.82, 2.24) is 0 Å². The molecule has 1 heterocycles. The van der Waals surface area contributed by atoms with Gasteiger partial charge in [-0.25, -0.2) is 4.79 Å². The lowest BCUT2D eigenvalue weighted by molar-refractivity contribution is 0.0702. The number of carbonyl (C=O) groups is 1. The van der Waals surface area contributed by atoms with Crippen LogP contribution in [0.1, 0.15) is 84.5 Å². The maximum atomic E-state index is 11.4. The Kier molecular flexibility index (Phi) is 7.50. The number of benzene rings is 2. The van der Waals surface area contributed by atoms with Crippen LogP contribution in [0.5, 0.6) is 0 Å². The molecular formula is C29H36O2S2. The van der Waals surface area contributed by atoms with E-state index < -0.39 is 5.97 Å². The molecule has 0 bridgehead atoms. The first-order valence-electron chi connectivity index (χ1n) is 11.5. The standard InChI is InChI=1S/C29H36O2S2/c1-18-15-22(16-19(2)26(18)20-9-11-21(12-10-20)29(6,7)8)32-25(17-28(3,4)5)23-13-14-24(33-23)27(30)31/h9-16,25H,17H2,1-8H3,(H,30,31). The van der Waals surface area contributed by atoms with E-state index in [2.05, 4.69) is 91.8 Å². The Morgan fingerprint density at radius 2 is 1.52 bits per heavy atom. The lowest BCUT2D eigenvalue weighted by Gasteiger charge is -2.25. The number of carboxylic acids is 1. The molecule has 0 saturated carbocycles. The van der Waals surface area contributed by atoms with E-state index >= 15 is 0 Å². The normalized spacial score (nSPS) is 13.2. The molecule has 3 aromatic rings. The van der Waals surface area contributed by atoms with Crippen LogP contribution >= 0.6 is 23.1 Å². The van der Waals surface area contributed by atoms with Gasteiger partial charge >= 0.3 is 5.97 Å². The quantitative estimate of drug-likeness (QED) is 0.357. The smallest absolute Gasteiger partial charge is 0.345 e. The van der Waals surface area contributed by atoms with Gasteiger partial charge < -0.3 is 5.11 Å². The highest BCUT2D eigenvalue weighted by Gasteiger charge is 2.24. The summed E-state index contributed by atoms with van der Waals surface area (Å²) >= 11 is 3.25. The van der Waals surface area contributed by atoms with E-state index in [4.69, 9.17) is 0 Å². The van der Waals surface area contributed by atoms with E-state index in [0.29, 0.717) is 4.88 Å². The third-order valence-corrected chi connectivity index (χ3v) is 8.33. The molecule has 33 heavy (non-hydrogen) atoms. The fraction of sp³-hybridized carbons (Fsp3) is 0.414. The molecule has 0 spiro atoms.